The minimum atomic E-state index is 0.201. The Labute approximate surface area is 93.6 Å². The van der Waals surface area contributed by atoms with Gasteiger partial charge in [0, 0.05) is 6.42 Å². The first-order valence-corrected chi connectivity index (χ1v) is 5.52. The van der Waals surface area contributed by atoms with E-state index >= 15 is 0 Å². The van der Waals surface area contributed by atoms with Crippen LogP contribution >= 0.6 is 12.2 Å². The van der Waals surface area contributed by atoms with Crippen LogP contribution in [0.5, 0.6) is 0 Å². The molecule has 14 heavy (non-hydrogen) atoms. The maximum Gasteiger partial charge on any atom is 0.0732 e. The number of hydrogen-bond donors (Lipinski definition) is 2. The Morgan fingerprint density at radius 2 is 1.71 bits per heavy atom. The molecule has 0 aromatic rings. The molecule has 3 N–H and O–H groups in total. The van der Waals surface area contributed by atoms with Gasteiger partial charge < -0.3 is 11.1 Å². The molecular formula is C11H24N2S. The highest BCUT2D eigenvalue weighted by atomic mass is 32.1. The van der Waals surface area contributed by atoms with Crippen LogP contribution in [0.3, 0.4) is 0 Å². The SMILES string of the molecule is CNCC(C)(C)CC(C)(C)CC(N)=S. The van der Waals surface area contributed by atoms with Crippen molar-refractivity contribution >= 4 is 17.2 Å². The van der Waals surface area contributed by atoms with Crippen LogP contribution in [0.1, 0.15) is 40.5 Å². The van der Waals surface area contributed by atoms with Gasteiger partial charge in [0.15, 0.2) is 0 Å². The molecule has 0 unspecified atom stereocenters. The molecule has 0 amide bonds. The van der Waals surface area contributed by atoms with Crippen molar-refractivity contribution in [3.63, 3.8) is 0 Å². The summed E-state index contributed by atoms with van der Waals surface area (Å²) >= 11 is 4.96. The Morgan fingerprint density at radius 3 is 2.07 bits per heavy atom. The molecule has 0 aromatic heterocycles. The first-order valence-electron chi connectivity index (χ1n) is 5.11. The second kappa shape index (κ2) is 5.08. The zero-order chi connectivity index (χ0) is 11.4. The smallest absolute Gasteiger partial charge is 0.0732 e. The van der Waals surface area contributed by atoms with Gasteiger partial charge in [-0.05, 0) is 30.8 Å². The van der Waals surface area contributed by atoms with Gasteiger partial charge in [0.2, 0.25) is 0 Å². The monoisotopic (exact) mass is 216 g/mol. The summed E-state index contributed by atoms with van der Waals surface area (Å²) in [7, 11) is 1.99. The molecule has 0 bridgehead atoms. The minimum absolute atomic E-state index is 0.201. The molecule has 0 saturated heterocycles. The second-order valence-electron chi connectivity index (χ2n) is 5.68. The molecule has 0 radical (unpaired) electrons. The predicted molar refractivity (Wildman–Crippen MR) is 67.5 cm³/mol. The summed E-state index contributed by atoms with van der Waals surface area (Å²) in [5.41, 5.74) is 6.08. The Kier molecular flexibility index (Phi) is 5.02. The standard InChI is InChI=1S/C11H24N2S/c1-10(2,6-9(12)14)7-11(3,4)8-13-5/h13H,6-8H2,1-5H3,(H2,12,14). The van der Waals surface area contributed by atoms with Crippen LogP contribution in [0, 0.1) is 10.8 Å². The van der Waals surface area contributed by atoms with E-state index in [1.807, 2.05) is 7.05 Å². The molecule has 0 fully saturated rings. The molecular weight excluding hydrogens is 192 g/mol. The topological polar surface area (TPSA) is 38.0 Å². The molecule has 2 nitrogen and oxygen atoms in total. The molecule has 0 heterocycles. The van der Waals surface area contributed by atoms with Crippen molar-refractivity contribution < 1.29 is 0 Å². The molecule has 0 aromatic carbocycles. The molecule has 0 aliphatic rings. The van der Waals surface area contributed by atoms with Crippen LogP contribution in [0.4, 0.5) is 0 Å². The molecule has 0 spiro atoms. The number of nitrogens with two attached hydrogens (primary N) is 1. The van der Waals surface area contributed by atoms with Crippen molar-refractivity contribution in [1.82, 2.24) is 5.32 Å². The summed E-state index contributed by atoms with van der Waals surface area (Å²) in [6.07, 6.45) is 1.95. The van der Waals surface area contributed by atoms with Gasteiger partial charge >= 0.3 is 0 Å². The summed E-state index contributed by atoms with van der Waals surface area (Å²) in [6, 6.07) is 0. The van der Waals surface area contributed by atoms with Crippen LogP contribution in [-0.4, -0.2) is 18.6 Å². The van der Waals surface area contributed by atoms with E-state index in [0.717, 1.165) is 19.4 Å². The van der Waals surface area contributed by atoms with Crippen molar-refractivity contribution in [3.05, 3.63) is 0 Å². The number of nitrogens with one attached hydrogen (secondary N) is 1. The number of thiocarbonyl (C=S) groups is 1. The van der Waals surface area contributed by atoms with Crippen molar-refractivity contribution in [2.75, 3.05) is 13.6 Å². The third-order valence-electron chi connectivity index (χ3n) is 2.27. The highest BCUT2D eigenvalue weighted by Gasteiger charge is 2.28. The van der Waals surface area contributed by atoms with E-state index < -0.39 is 0 Å². The Bertz CT molecular complexity index is 197. The van der Waals surface area contributed by atoms with Gasteiger partial charge in [-0.2, -0.15) is 0 Å². The molecule has 3 heteroatoms. The van der Waals surface area contributed by atoms with Gasteiger partial charge in [0.1, 0.15) is 0 Å². The molecule has 0 rings (SSSR count). The molecule has 0 atom stereocenters. The van der Waals surface area contributed by atoms with Gasteiger partial charge in [-0.3, -0.25) is 0 Å². The van der Waals surface area contributed by atoms with Crippen LogP contribution < -0.4 is 11.1 Å². The van der Waals surface area contributed by atoms with E-state index in [0.29, 0.717) is 10.4 Å². The molecule has 84 valence electrons. The highest BCUT2D eigenvalue weighted by molar-refractivity contribution is 7.80. The predicted octanol–water partition coefficient (Wildman–Crippen LogP) is 2.32. The van der Waals surface area contributed by atoms with E-state index in [-0.39, 0.29) is 5.41 Å². The van der Waals surface area contributed by atoms with Crippen LogP contribution in [0.2, 0.25) is 0 Å². The van der Waals surface area contributed by atoms with E-state index in [1.165, 1.54) is 0 Å². The zero-order valence-electron chi connectivity index (χ0n) is 10.1. The lowest BCUT2D eigenvalue weighted by Gasteiger charge is -2.34. The first-order chi connectivity index (χ1) is 6.18. The third-order valence-corrected chi connectivity index (χ3v) is 2.41. The fourth-order valence-electron chi connectivity index (χ4n) is 2.37. The highest BCUT2D eigenvalue weighted by Crippen LogP contribution is 2.35. The average molecular weight is 216 g/mol. The largest absolute Gasteiger partial charge is 0.393 e. The van der Waals surface area contributed by atoms with Crippen molar-refractivity contribution in [1.29, 1.82) is 0 Å². The van der Waals surface area contributed by atoms with Crippen molar-refractivity contribution in [3.8, 4) is 0 Å². The number of hydrogen-bond acceptors (Lipinski definition) is 2. The Morgan fingerprint density at radius 1 is 1.21 bits per heavy atom. The van der Waals surface area contributed by atoms with Gasteiger partial charge in [-0.15, -0.1) is 0 Å². The first kappa shape index (κ1) is 13.8. The lowest BCUT2D eigenvalue weighted by atomic mass is 9.73. The lowest BCUT2D eigenvalue weighted by Crippen LogP contribution is -2.33. The summed E-state index contributed by atoms with van der Waals surface area (Å²) in [6.45, 7) is 10.0. The molecule has 0 aliphatic heterocycles. The summed E-state index contributed by atoms with van der Waals surface area (Å²) in [4.78, 5) is 0.621. The van der Waals surface area contributed by atoms with Gasteiger partial charge in [-0.1, -0.05) is 39.9 Å². The Balaban J connectivity index is 4.25. The summed E-state index contributed by atoms with van der Waals surface area (Å²) < 4.78 is 0. The normalized spacial score (nSPS) is 12.9. The lowest BCUT2D eigenvalue weighted by molar-refractivity contribution is 0.199. The fourth-order valence-corrected chi connectivity index (χ4v) is 2.76. The van der Waals surface area contributed by atoms with E-state index in [2.05, 4.69) is 33.0 Å². The van der Waals surface area contributed by atoms with E-state index in [4.69, 9.17) is 18.0 Å². The van der Waals surface area contributed by atoms with Crippen molar-refractivity contribution in [2.24, 2.45) is 16.6 Å². The minimum Gasteiger partial charge on any atom is -0.393 e. The maximum atomic E-state index is 5.59. The average Bonchev–Trinajstić information content (AvgIpc) is 1.78. The van der Waals surface area contributed by atoms with Gasteiger partial charge in [0.05, 0.1) is 4.99 Å². The third kappa shape index (κ3) is 6.33. The summed E-state index contributed by atoms with van der Waals surface area (Å²) in [5.74, 6) is 0. The Hall–Kier alpha value is -0.150. The molecule has 0 aliphatic carbocycles. The zero-order valence-corrected chi connectivity index (χ0v) is 10.9. The van der Waals surface area contributed by atoms with Gasteiger partial charge in [-0.25, -0.2) is 0 Å². The fraction of sp³-hybridized carbons (Fsp3) is 0.909. The maximum absolute atomic E-state index is 5.59. The number of rotatable bonds is 6. The van der Waals surface area contributed by atoms with Gasteiger partial charge in [0.25, 0.3) is 0 Å². The quantitative estimate of drug-likeness (QED) is 0.669. The van der Waals surface area contributed by atoms with Crippen LogP contribution in [-0.2, 0) is 0 Å². The summed E-state index contributed by atoms with van der Waals surface area (Å²) in [5, 5.41) is 3.22. The van der Waals surface area contributed by atoms with Crippen molar-refractivity contribution in [2.45, 2.75) is 40.5 Å². The van der Waals surface area contributed by atoms with Crippen LogP contribution in [0.15, 0.2) is 0 Å². The van der Waals surface area contributed by atoms with E-state index in [1.54, 1.807) is 0 Å². The second-order valence-corrected chi connectivity index (χ2v) is 6.20. The molecule has 0 saturated carbocycles. The van der Waals surface area contributed by atoms with Crippen LogP contribution in [0.25, 0.3) is 0 Å². The van der Waals surface area contributed by atoms with E-state index in [9.17, 15) is 0 Å².